The second-order valence-electron chi connectivity index (χ2n) is 7.35. The van der Waals surface area contributed by atoms with Gasteiger partial charge in [-0.1, -0.05) is 25.1 Å². The Labute approximate surface area is 156 Å². The SMILES string of the molecule is CCC(C)NC(=O)CN1CCN(CC(=O)N2CCc3ccccc32)CC1. The molecule has 0 aromatic heterocycles. The Bertz CT molecular complexity index is 640. The van der Waals surface area contributed by atoms with Crippen molar-refractivity contribution < 1.29 is 9.59 Å². The zero-order valence-corrected chi connectivity index (χ0v) is 15.9. The number of benzene rings is 1. The molecule has 0 bridgehead atoms. The first-order valence-corrected chi connectivity index (χ1v) is 9.69. The van der Waals surface area contributed by atoms with Crippen molar-refractivity contribution in [3.05, 3.63) is 29.8 Å². The van der Waals surface area contributed by atoms with E-state index in [0.717, 1.165) is 51.3 Å². The molecule has 1 aromatic rings. The standard InChI is InChI=1S/C20H30N4O2/c1-3-16(2)21-19(25)14-22-10-12-23(13-11-22)15-20(26)24-9-8-17-6-4-5-7-18(17)24/h4-7,16H,3,8-15H2,1-2H3,(H,21,25). The number of nitrogens with one attached hydrogen (secondary N) is 1. The quantitative estimate of drug-likeness (QED) is 0.828. The molecular weight excluding hydrogens is 328 g/mol. The first-order chi connectivity index (χ1) is 12.6. The van der Waals surface area contributed by atoms with Crippen LogP contribution in [0, 0.1) is 0 Å². The monoisotopic (exact) mass is 358 g/mol. The van der Waals surface area contributed by atoms with Crippen molar-refractivity contribution in [1.29, 1.82) is 0 Å². The van der Waals surface area contributed by atoms with E-state index in [1.54, 1.807) is 0 Å². The Hall–Kier alpha value is -1.92. The summed E-state index contributed by atoms with van der Waals surface area (Å²) in [5.41, 5.74) is 2.33. The Morgan fingerprint density at radius 1 is 1.04 bits per heavy atom. The van der Waals surface area contributed by atoms with Crippen LogP contribution in [0.4, 0.5) is 5.69 Å². The van der Waals surface area contributed by atoms with Crippen molar-refractivity contribution in [2.45, 2.75) is 32.7 Å². The summed E-state index contributed by atoms with van der Waals surface area (Å²) in [5.74, 6) is 0.274. The van der Waals surface area contributed by atoms with Gasteiger partial charge < -0.3 is 10.2 Å². The van der Waals surface area contributed by atoms with Crippen LogP contribution >= 0.6 is 0 Å². The number of carbonyl (C=O) groups excluding carboxylic acids is 2. The van der Waals surface area contributed by atoms with E-state index < -0.39 is 0 Å². The number of para-hydroxylation sites is 1. The highest BCUT2D eigenvalue weighted by molar-refractivity contribution is 5.96. The average Bonchev–Trinajstić information content (AvgIpc) is 3.07. The Morgan fingerprint density at radius 2 is 1.69 bits per heavy atom. The molecule has 0 radical (unpaired) electrons. The van der Waals surface area contributed by atoms with Gasteiger partial charge in [0, 0.05) is 44.5 Å². The molecule has 1 unspecified atom stereocenters. The molecule has 0 aliphatic carbocycles. The molecule has 2 aliphatic rings. The van der Waals surface area contributed by atoms with Crippen molar-refractivity contribution in [1.82, 2.24) is 15.1 Å². The van der Waals surface area contributed by atoms with E-state index in [0.29, 0.717) is 13.1 Å². The summed E-state index contributed by atoms with van der Waals surface area (Å²) in [6, 6.07) is 8.39. The molecule has 0 spiro atoms. The van der Waals surface area contributed by atoms with Gasteiger partial charge >= 0.3 is 0 Å². The molecule has 1 aromatic carbocycles. The van der Waals surface area contributed by atoms with Gasteiger partial charge in [-0.2, -0.15) is 0 Å². The van der Waals surface area contributed by atoms with Crippen LogP contribution in [0.25, 0.3) is 0 Å². The first kappa shape index (κ1) is 18.9. The number of rotatable bonds is 6. The number of nitrogens with zero attached hydrogens (tertiary/aromatic N) is 3. The molecular formula is C20H30N4O2. The number of fused-ring (bicyclic) bond motifs is 1. The average molecular weight is 358 g/mol. The number of piperazine rings is 1. The highest BCUT2D eigenvalue weighted by atomic mass is 16.2. The molecule has 2 amide bonds. The van der Waals surface area contributed by atoms with Gasteiger partial charge in [0.15, 0.2) is 0 Å². The Balaban J connectivity index is 1.43. The number of hydrogen-bond acceptors (Lipinski definition) is 4. The molecule has 1 N–H and O–H groups in total. The van der Waals surface area contributed by atoms with Crippen LogP contribution in [0.15, 0.2) is 24.3 Å². The minimum atomic E-state index is 0.0950. The lowest BCUT2D eigenvalue weighted by molar-refractivity contribution is -0.124. The topological polar surface area (TPSA) is 55.9 Å². The molecule has 3 rings (SSSR count). The minimum Gasteiger partial charge on any atom is -0.353 e. The highest BCUT2D eigenvalue weighted by Gasteiger charge is 2.27. The van der Waals surface area contributed by atoms with Crippen molar-refractivity contribution in [2.24, 2.45) is 0 Å². The van der Waals surface area contributed by atoms with Crippen LogP contribution in [0.5, 0.6) is 0 Å². The van der Waals surface area contributed by atoms with E-state index in [9.17, 15) is 9.59 Å². The zero-order valence-electron chi connectivity index (χ0n) is 15.9. The normalized spacial score (nSPS) is 19.2. The zero-order chi connectivity index (χ0) is 18.5. The second-order valence-corrected chi connectivity index (χ2v) is 7.35. The number of amides is 2. The number of carbonyl (C=O) groups is 2. The summed E-state index contributed by atoms with van der Waals surface area (Å²) in [5, 5.41) is 3.01. The maximum absolute atomic E-state index is 12.7. The van der Waals surface area contributed by atoms with Gasteiger partial charge in [0.1, 0.15) is 0 Å². The van der Waals surface area contributed by atoms with Gasteiger partial charge in [-0.25, -0.2) is 0 Å². The Morgan fingerprint density at radius 3 is 2.38 bits per heavy atom. The van der Waals surface area contributed by atoms with Gasteiger partial charge in [-0.3, -0.25) is 19.4 Å². The van der Waals surface area contributed by atoms with E-state index in [2.05, 4.69) is 28.1 Å². The largest absolute Gasteiger partial charge is 0.353 e. The molecule has 0 saturated carbocycles. The first-order valence-electron chi connectivity index (χ1n) is 9.69. The minimum absolute atomic E-state index is 0.0950. The van der Waals surface area contributed by atoms with Gasteiger partial charge in [0.2, 0.25) is 11.8 Å². The molecule has 142 valence electrons. The number of hydrogen-bond donors (Lipinski definition) is 1. The van der Waals surface area contributed by atoms with E-state index >= 15 is 0 Å². The summed E-state index contributed by atoms with van der Waals surface area (Å²) in [6.45, 7) is 9.11. The van der Waals surface area contributed by atoms with Crippen LogP contribution in [0.3, 0.4) is 0 Å². The fourth-order valence-electron chi connectivity index (χ4n) is 3.61. The number of anilines is 1. The third-order valence-electron chi connectivity index (χ3n) is 5.40. The van der Waals surface area contributed by atoms with E-state index in [4.69, 9.17) is 0 Å². The van der Waals surface area contributed by atoms with Crippen LogP contribution in [-0.4, -0.2) is 73.5 Å². The van der Waals surface area contributed by atoms with Crippen molar-refractivity contribution >= 4 is 17.5 Å². The highest BCUT2D eigenvalue weighted by Crippen LogP contribution is 2.27. The predicted octanol–water partition coefficient (Wildman–Crippen LogP) is 1.11. The smallest absolute Gasteiger partial charge is 0.241 e. The summed E-state index contributed by atoms with van der Waals surface area (Å²) in [6.07, 6.45) is 1.89. The second kappa shape index (κ2) is 8.64. The molecule has 1 saturated heterocycles. The van der Waals surface area contributed by atoms with Gasteiger partial charge in [-0.15, -0.1) is 0 Å². The third kappa shape index (κ3) is 4.62. The molecule has 26 heavy (non-hydrogen) atoms. The fourth-order valence-corrected chi connectivity index (χ4v) is 3.61. The maximum atomic E-state index is 12.7. The predicted molar refractivity (Wildman–Crippen MR) is 103 cm³/mol. The summed E-state index contributed by atoms with van der Waals surface area (Å²) >= 11 is 0. The summed E-state index contributed by atoms with van der Waals surface area (Å²) < 4.78 is 0. The van der Waals surface area contributed by atoms with Gasteiger partial charge in [0.25, 0.3) is 0 Å². The molecule has 1 atom stereocenters. The van der Waals surface area contributed by atoms with Gasteiger partial charge in [0.05, 0.1) is 13.1 Å². The van der Waals surface area contributed by atoms with Crippen LogP contribution in [-0.2, 0) is 16.0 Å². The van der Waals surface area contributed by atoms with Gasteiger partial charge in [-0.05, 0) is 31.4 Å². The van der Waals surface area contributed by atoms with Crippen molar-refractivity contribution in [3.8, 4) is 0 Å². The Kier molecular flexibility index (Phi) is 6.27. The lowest BCUT2D eigenvalue weighted by Gasteiger charge is -2.34. The van der Waals surface area contributed by atoms with E-state index in [1.807, 2.05) is 30.0 Å². The molecule has 6 nitrogen and oxygen atoms in total. The lowest BCUT2D eigenvalue weighted by atomic mass is 10.2. The summed E-state index contributed by atoms with van der Waals surface area (Å²) in [4.78, 5) is 31.0. The van der Waals surface area contributed by atoms with Crippen molar-refractivity contribution in [3.63, 3.8) is 0 Å². The summed E-state index contributed by atoms with van der Waals surface area (Å²) in [7, 11) is 0. The molecule has 6 heteroatoms. The van der Waals surface area contributed by atoms with Crippen molar-refractivity contribution in [2.75, 3.05) is 50.7 Å². The van der Waals surface area contributed by atoms with Crippen LogP contribution in [0.1, 0.15) is 25.8 Å². The lowest BCUT2D eigenvalue weighted by Crippen LogP contribution is -2.52. The van der Waals surface area contributed by atoms with Crippen LogP contribution < -0.4 is 10.2 Å². The third-order valence-corrected chi connectivity index (χ3v) is 5.40. The molecule has 2 aliphatic heterocycles. The molecule has 2 heterocycles. The fraction of sp³-hybridized carbons (Fsp3) is 0.600. The van der Waals surface area contributed by atoms with E-state index in [1.165, 1.54) is 5.56 Å². The maximum Gasteiger partial charge on any atom is 0.241 e. The molecule has 1 fully saturated rings. The van der Waals surface area contributed by atoms with E-state index in [-0.39, 0.29) is 17.9 Å². The van der Waals surface area contributed by atoms with Crippen LogP contribution in [0.2, 0.25) is 0 Å².